The molecule has 3 heterocycles. The molecule has 4 heteroatoms. The van der Waals surface area contributed by atoms with Gasteiger partial charge in [-0.2, -0.15) is 0 Å². The van der Waals surface area contributed by atoms with E-state index in [1.54, 1.807) is 0 Å². The molecule has 0 spiro atoms. The van der Waals surface area contributed by atoms with Crippen LogP contribution in [0.15, 0.2) is 133 Å². The largest absolute Gasteiger partial charge is 0.309 e. The van der Waals surface area contributed by atoms with Gasteiger partial charge in [-0.1, -0.05) is 103 Å². The molecule has 1 aliphatic rings. The third-order valence-corrected chi connectivity index (χ3v) is 12.7. The molecule has 2 nitrogen and oxygen atoms in total. The predicted octanol–water partition coefficient (Wildman–Crippen LogP) is 8.77. The number of nitrogens with zero attached hydrogens (tertiary/aromatic N) is 1. The molecule has 0 N–H and O–H groups in total. The standard InChI is InChI=1S/C36H22NOPS/c38-39(24-10-2-1-3-11-24)31-16-8-5-14-29(31)35-32(39)21-20-28-25-12-4-7-15-30(25)37(36(28)35)23-18-19-27-26-13-6-9-17-33(26)40-34(27)22-23/h1-22H. The van der Waals surface area contributed by atoms with Crippen LogP contribution in [0.3, 0.4) is 0 Å². The Kier molecular flexibility index (Phi) is 4.51. The summed E-state index contributed by atoms with van der Waals surface area (Å²) in [7, 11) is -3.03. The predicted molar refractivity (Wildman–Crippen MR) is 172 cm³/mol. The molecule has 0 amide bonds. The van der Waals surface area contributed by atoms with E-state index < -0.39 is 7.14 Å². The van der Waals surface area contributed by atoms with Gasteiger partial charge in [0.05, 0.1) is 11.0 Å². The van der Waals surface area contributed by atoms with Crippen molar-refractivity contribution < 1.29 is 4.57 Å². The van der Waals surface area contributed by atoms with Crippen molar-refractivity contribution in [3.8, 4) is 16.8 Å². The summed E-state index contributed by atoms with van der Waals surface area (Å²) in [6.07, 6.45) is 0. The Labute approximate surface area is 235 Å². The first-order valence-electron chi connectivity index (χ1n) is 13.5. The van der Waals surface area contributed by atoms with Gasteiger partial charge in [0.1, 0.15) is 0 Å². The van der Waals surface area contributed by atoms with E-state index in [4.69, 9.17) is 0 Å². The number of para-hydroxylation sites is 1. The molecule has 9 rings (SSSR count). The van der Waals surface area contributed by atoms with E-state index in [0.717, 1.165) is 43.8 Å². The van der Waals surface area contributed by atoms with Crippen molar-refractivity contribution in [2.75, 3.05) is 0 Å². The van der Waals surface area contributed by atoms with Gasteiger partial charge in [0.15, 0.2) is 7.14 Å². The van der Waals surface area contributed by atoms with Gasteiger partial charge < -0.3 is 9.13 Å². The lowest BCUT2D eigenvalue weighted by Gasteiger charge is -2.16. The number of benzene rings is 6. The van der Waals surface area contributed by atoms with Crippen molar-refractivity contribution in [1.29, 1.82) is 0 Å². The molecule has 0 radical (unpaired) electrons. The molecule has 8 aromatic rings. The molecule has 0 fully saturated rings. The zero-order valence-corrected chi connectivity index (χ0v) is 23.1. The molecule has 1 unspecified atom stereocenters. The summed E-state index contributed by atoms with van der Waals surface area (Å²) >= 11 is 1.84. The maximum absolute atomic E-state index is 15.2. The van der Waals surface area contributed by atoms with E-state index in [-0.39, 0.29) is 0 Å². The summed E-state index contributed by atoms with van der Waals surface area (Å²) in [6.45, 7) is 0. The van der Waals surface area contributed by atoms with E-state index in [1.165, 1.54) is 30.9 Å². The minimum atomic E-state index is -3.03. The lowest BCUT2D eigenvalue weighted by molar-refractivity contribution is 0.593. The third-order valence-electron chi connectivity index (χ3n) is 8.41. The van der Waals surface area contributed by atoms with Crippen LogP contribution < -0.4 is 15.9 Å². The van der Waals surface area contributed by atoms with E-state index in [0.29, 0.717) is 0 Å². The molecule has 0 saturated carbocycles. The smallest absolute Gasteiger partial charge is 0.172 e. The van der Waals surface area contributed by atoms with Crippen molar-refractivity contribution in [3.63, 3.8) is 0 Å². The monoisotopic (exact) mass is 547 g/mol. The second-order valence-electron chi connectivity index (χ2n) is 10.4. The van der Waals surface area contributed by atoms with Crippen LogP contribution in [0.1, 0.15) is 0 Å². The highest BCUT2D eigenvalue weighted by molar-refractivity contribution is 7.86. The Hall–Kier alpha value is -4.43. The normalized spacial score (nSPS) is 16.2. The molecule has 1 atom stereocenters. The van der Waals surface area contributed by atoms with Crippen molar-refractivity contribution in [3.05, 3.63) is 133 Å². The van der Waals surface area contributed by atoms with Crippen LogP contribution >= 0.6 is 18.5 Å². The van der Waals surface area contributed by atoms with Gasteiger partial charge in [0.2, 0.25) is 0 Å². The Morgan fingerprint density at radius 1 is 0.550 bits per heavy atom. The fourth-order valence-electron chi connectivity index (χ4n) is 6.70. The van der Waals surface area contributed by atoms with Crippen LogP contribution in [0, 0.1) is 0 Å². The van der Waals surface area contributed by atoms with Crippen molar-refractivity contribution in [2.24, 2.45) is 0 Å². The number of fused-ring (bicyclic) bond motifs is 10. The van der Waals surface area contributed by atoms with Crippen LogP contribution in [-0.2, 0) is 4.57 Å². The van der Waals surface area contributed by atoms with Crippen LogP contribution in [0.5, 0.6) is 0 Å². The molecule has 1 aliphatic heterocycles. The first-order chi connectivity index (χ1) is 19.7. The Bertz CT molecular complexity index is 2360. The molecule has 40 heavy (non-hydrogen) atoms. The SMILES string of the molecule is O=P1(c2ccccc2)c2ccccc2-c2c1ccc1c3ccccc3n(-c3ccc4c(c3)sc3ccccc34)c21. The number of thiophene rings is 1. The van der Waals surface area contributed by atoms with Crippen molar-refractivity contribution >= 4 is 76.4 Å². The van der Waals surface area contributed by atoms with Crippen LogP contribution in [0.4, 0.5) is 0 Å². The minimum Gasteiger partial charge on any atom is -0.309 e. The summed E-state index contributed by atoms with van der Waals surface area (Å²) in [6, 6.07) is 46.7. The zero-order valence-electron chi connectivity index (χ0n) is 21.4. The lowest BCUT2D eigenvalue weighted by Crippen LogP contribution is -2.20. The van der Waals surface area contributed by atoms with Crippen molar-refractivity contribution in [2.45, 2.75) is 0 Å². The van der Waals surface area contributed by atoms with Crippen LogP contribution in [-0.4, -0.2) is 4.57 Å². The van der Waals surface area contributed by atoms with Crippen LogP contribution in [0.2, 0.25) is 0 Å². The molecule has 2 aromatic heterocycles. The average Bonchev–Trinajstić information content (AvgIpc) is 3.64. The molecule has 188 valence electrons. The highest BCUT2D eigenvalue weighted by Gasteiger charge is 2.41. The maximum atomic E-state index is 15.2. The second-order valence-corrected chi connectivity index (χ2v) is 14.2. The first kappa shape index (κ1) is 22.4. The van der Waals surface area contributed by atoms with Gasteiger partial charge in [-0.05, 0) is 35.9 Å². The molecular formula is C36H22NOPS. The number of rotatable bonds is 2. The fourth-order valence-corrected chi connectivity index (χ4v) is 10.9. The number of hydrogen-bond acceptors (Lipinski definition) is 2. The lowest BCUT2D eigenvalue weighted by atomic mass is 10.0. The zero-order chi connectivity index (χ0) is 26.4. The maximum Gasteiger partial charge on any atom is 0.172 e. The fraction of sp³-hybridized carbons (Fsp3) is 0. The van der Waals surface area contributed by atoms with Gasteiger partial charge in [0, 0.05) is 58.1 Å². The molecule has 0 bridgehead atoms. The highest BCUT2D eigenvalue weighted by atomic mass is 32.1. The van der Waals surface area contributed by atoms with Crippen molar-refractivity contribution in [1.82, 2.24) is 4.57 Å². The summed E-state index contributed by atoms with van der Waals surface area (Å²) in [5.74, 6) is 0. The van der Waals surface area contributed by atoms with E-state index >= 15 is 4.57 Å². The third kappa shape index (κ3) is 2.81. The Morgan fingerprint density at radius 2 is 1.25 bits per heavy atom. The van der Waals surface area contributed by atoms with Gasteiger partial charge in [-0.15, -0.1) is 11.3 Å². The van der Waals surface area contributed by atoms with E-state index in [9.17, 15) is 0 Å². The van der Waals surface area contributed by atoms with E-state index in [2.05, 4.69) is 102 Å². The Morgan fingerprint density at radius 3 is 2.15 bits per heavy atom. The average molecular weight is 548 g/mol. The topological polar surface area (TPSA) is 22.0 Å². The van der Waals surface area contributed by atoms with Gasteiger partial charge in [0.25, 0.3) is 0 Å². The van der Waals surface area contributed by atoms with Gasteiger partial charge in [-0.25, -0.2) is 0 Å². The summed E-state index contributed by atoms with van der Waals surface area (Å²) in [5, 5.41) is 7.72. The molecule has 0 saturated heterocycles. The summed E-state index contributed by atoms with van der Waals surface area (Å²) in [5.41, 5.74) is 5.57. The number of aromatic nitrogens is 1. The molecule has 6 aromatic carbocycles. The minimum absolute atomic E-state index is 0.884. The summed E-state index contributed by atoms with van der Waals surface area (Å²) in [4.78, 5) is 0. The molecular weight excluding hydrogens is 525 g/mol. The first-order valence-corrected chi connectivity index (χ1v) is 16.0. The molecule has 0 aliphatic carbocycles. The van der Waals surface area contributed by atoms with Gasteiger partial charge in [-0.3, -0.25) is 0 Å². The van der Waals surface area contributed by atoms with Crippen LogP contribution in [0.25, 0.3) is 58.8 Å². The quantitative estimate of drug-likeness (QED) is 0.198. The summed E-state index contributed by atoms with van der Waals surface area (Å²) < 4.78 is 20.2. The van der Waals surface area contributed by atoms with E-state index in [1.807, 2.05) is 47.7 Å². The van der Waals surface area contributed by atoms with Gasteiger partial charge >= 0.3 is 0 Å². The second kappa shape index (κ2) is 8.05. The highest BCUT2D eigenvalue weighted by Crippen LogP contribution is 2.54. The Balaban J connectivity index is 1.44. The number of hydrogen-bond donors (Lipinski definition) is 0.